The van der Waals surface area contributed by atoms with Crippen LogP contribution >= 0.6 is 0 Å². The first-order valence-corrected chi connectivity index (χ1v) is 7.29. The third-order valence-corrected chi connectivity index (χ3v) is 3.38. The smallest absolute Gasteiger partial charge is 0.242 e. The molecule has 0 saturated carbocycles. The Balaban J connectivity index is 2.20. The van der Waals surface area contributed by atoms with Crippen molar-refractivity contribution < 1.29 is 9.59 Å². The molecule has 1 heterocycles. The zero-order valence-electron chi connectivity index (χ0n) is 12.3. The minimum atomic E-state index is -0.459. The maximum Gasteiger partial charge on any atom is 0.242 e. The molecule has 3 N–H and O–H groups in total. The van der Waals surface area contributed by atoms with E-state index in [1.54, 1.807) is 6.92 Å². The van der Waals surface area contributed by atoms with Gasteiger partial charge in [0.1, 0.15) is 6.04 Å². The Morgan fingerprint density at radius 3 is 2.58 bits per heavy atom. The van der Waals surface area contributed by atoms with Crippen LogP contribution in [0.1, 0.15) is 46.5 Å². The number of carbonyl (C=O) groups excluding carboxylic acids is 2. The van der Waals surface area contributed by atoms with Crippen molar-refractivity contribution in [2.45, 2.75) is 58.5 Å². The van der Waals surface area contributed by atoms with Crippen molar-refractivity contribution in [3.8, 4) is 0 Å². The second-order valence-electron chi connectivity index (χ2n) is 5.70. The predicted octanol–water partition coefficient (Wildman–Crippen LogP) is 0.796. The third kappa shape index (κ3) is 6.57. The summed E-state index contributed by atoms with van der Waals surface area (Å²) in [6, 6.07) is -0.362. The molecule has 0 radical (unpaired) electrons. The van der Waals surface area contributed by atoms with Crippen molar-refractivity contribution in [1.82, 2.24) is 16.0 Å². The van der Waals surface area contributed by atoms with Crippen LogP contribution in [0.3, 0.4) is 0 Å². The van der Waals surface area contributed by atoms with Crippen molar-refractivity contribution in [2.24, 2.45) is 5.92 Å². The first-order chi connectivity index (χ1) is 8.99. The average Bonchev–Trinajstić information content (AvgIpc) is 2.36. The zero-order valence-corrected chi connectivity index (χ0v) is 12.3. The van der Waals surface area contributed by atoms with Crippen LogP contribution < -0.4 is 16.0 Å². The monoisotopic (exact) mass is 269 g/mol. The number of hydrogen-bond acceptors (Lipinski definition) is 3. The van der Waals surface area contributed by atoms with Crippen LogP contribution in [0.2, 0.25) is 0 Å². The van der Waals surface area contributed by atoms with Crippen LogP contribution in [0.15, 0.2) is 0 Å². The lowest BCUT2D eigenvalue weighted by molar-refractivity contribution is -0.129. The molecular weight excluding hydrogens is 242 g/mol. The molecule has 2 unspecified atom stereocenters. The van der Waals surface area contributed by atoms with Gasteiger partial charge in [0.05, 0.1) is 0 Å². The number of hydrogen-bond donors (Lipinski definition) is 3. The van der Waals surface area contributed by atoms with E-state index in [-0.39, 0.29) is 17.9 Å². The maximum absolute atomic E-state index is 11.8. The molecule has 5 nitrogen and oxygen atoms in total. The summed E-state index contributed by atoms with van der Waals surface area (Å²) in [5.74, 6) is 0.443. The van der Waals surface area contributed by atoms with E-state index in [4.69, 9.17) is 0 Å². The van der Waals surface area contributed by atoms with Crippen LogP contribution in [0.4, 0.5) is 0 Å². The highest BCUT2D eigenvalue weighted by molar-refractivity contribution is 5.87. The summed E-state index contributed by atoms with van der Waals surface area (Å²) in [4.78, 5) is 23.4. The minimum Gasteiger partial charge on any atom is -0.352 e. The molecule has 2 amide bonds. The molecule has 0 aromatic heterocycles. The SMILES string of the molecule is CC(C)NC(=O)C(C)NC(=O)CCC1CCCNC1. The van der Waals surface area contributed by atoms with Gasteiger partial charge in [0.25, 0.3) is 0 Å². The van der Waals surface area contributed by atoms with Crippen molar-refractivity contribution in [2.75, 3.05) is 13.1 Å². The third-order valence-electron chi connectivity index (χ3n) is 3.38. The lowest BCUT2D eigenvalue weighted by atomic mass is 9.94. The summed E-state index contributed by atoms with van der Waals surface area (Å²) >= 11 is 0. The predicted molar refractivity (Wildman–Crippen MR) is 75.7 cm³/mol. The van der Waals surface area contributed by atoms with Gasteiger partial charge in [-0.15, -0.1) is 0 Å². The van der Waals surface area contributed by atoms with E-state index >= 15 is 0 Å². The molecule has 1 aliphatic rings. The summed E-state index contributed by atoms with van der Waals surface area (Å²) in [6.45, 7) is 7.63. The topological polar surface area (TPSA) is 70.2 Å². The van der Waals surface area contributed by atoms with Crippen molar-refractivity contribution in [1.29, 1.82) is 0 Å². The van der Waals surface area contributed by atoms with E-state index in [2.05, 4.69) is 16.0 Å². The fraction of sp³-hybridized carbons (Fsp3) is 0.857. The molecule has 19 heavy (non-hydrogen) atoms. The number of piperidine rings is 1. The molecule has 1 rings (SSSR count). The first kappa shape index (κ1) is 16.0. The van der Waals surface area contributed by atoms with Crippen LogP contribution in [0.25, 0.3) is 0 Å². The summed E-state index contributed by atoms with van der Waals surface area (Å²) in [7, 11) is 0. The average molecular weight is 269 g/mol. The Bertz CT molecular complexity index is 299. The highest BCUT2D eigenvalue weighted by atomic mass is 16.2. The van der Waals surface area contributed by atoms with Gasteiger partial charge in [-0.25, -0.2) is 0 Å². The fourth-order valence-corrected chi connectivity index (χ4v) is 2.29. The number of rotatable bonds is 6. The Morgan fingerprint density at radius 1 is 1.26 bits per heavy atom. The number of nitrogens with one attached hydrogen (secondary N) is 3. The minimum absolute atomic E-state index is 0.0306. The van der Waals surface area contributed by atoms with Gasteiger partial charge in [0.15, 0.2) is 0 Å². The van der Waals surface area contributed by atoms with Crippen LogP contribution in [-0.2, 0) is 9.59 Å². The molecule has 5 heteroatoms. The van der Waals surface area contributed by atoms with Crippen LogP contribution in [-0.4, -0.2) is 37.0 Å². The molecule has 2 atom stereocenters. The summed E-state index contributed by atoms with van der Waals surface area (Å²) in [5, 5.41) is 8.89. The van der Waals surface area contributed by atoms with Crippen molar-refractivity contribution >= 4 is 11.8 Å². The Labute approximate surface area is 115 Å². The molecule has 1 aliphatic heterocycles. The lowest BCUT2D eigenvalue weighted by Crippen LogP contribution is -2.46. The molecule has 0 bridgehead atoms. The van der Waals surface area contributed by atoms with Gasteiger partial charge in [-0.2, -0.15) is 0 Å². The van der Waals surface area contributed by atoms with Gasteiger partial charge in [0.2, 0.25) is 11.8 Å². The molecule has 0 aliphatic carbocycles. The summed E-state index contributed by atoms with van der Waals surface area (Å²) in [5.41, 5.74) is 0. The van der Waals surface area contributed by atoms with Gasteiger partial charge in [-0.05, 0) is 59.0 Å². The van der Waals surface area contributed by atoms with E-state index in [0.29, 0.717) is 12.3 Å². The molecule has 0 spiro atoms. The molecule has 0 aromatic carbocycles. The Hall–Kier alpha value is -1.10. The Morgan fingerprint density at radius 2 is 2.00 bits per heavy atom. The molecule has 0 aromatic rings. The van der Waals surface area contributed by atoms with Gasteiger partial charge in [-0.1, -0.05) is 0 Å². The van der Waals surface area contributed by atoms with Crippen molar-refractivity contribution in [3.63, 3.8) is 0 Å². The maximum atomic E-state index is 11.8. The van der Waals surface area contributed by atoms with E-state index in [1.165, 1.54) is 12.8 Å². The van der Waals surface area contributed by atoms with E-state index in [0.717, 1.165) is 19.5 Å². The van der Waals surface area contributed by atoms with E-state index in [9.17, 15) is 9.59 Å². The van der Waals surface area contributed by atoms with Crippen LogP contribution in [0.5, 0.6) is 0 Å². The lowest BCUT2D eigenvalue weighted by Gasteiger charge is -2.22. The molecule has 1 fully saturated rings. The largest absolute Gasteiger partial charge is 0.352 e. The second kappa shape index (κ2) is 8.15. The highest BCUT2D eigenvalue weighted by Gasteiger charge is 2.18. The first-order valence-electron chi connectivity index (χ1n) is 7.29. The van der Waals surface area contributed by atoms with Gasteiger partial charge in [0, 0.05) is 12.5 Å². The molecule has 1 saturated heterocycles. The van der Waals surface area contributed by atoms with Crippen LogP contribution in [0, 0.1) is 5.92 Å². The normalized spacial score (nSPS) is 20.9. The summed E-state index contributed by atoms with van der Waals surface area (Å²) in [6.07, 6.45) is 3.80. The number of carbonyl (C=O) groups is 2. The van der Waals surface area contributed by atoms with Crippen molar-refractivity contribution in [3.05, 3.63) is 0 Å². The quantitative estimate of drug-likeness (QED) is 0.668. The van der Waals surface area contributed by atoms with Gasteiger partial charge < -0.3 is 16.0 Å². The highest BCUT2D eigenvalue weighted by Crippen LogP contribution is 2.15. The van der Waals surface area contributed by atoms with Gasteiger partial charge >= 0.3 is 0 Å². The molecular formula is C14H27N3O2. The fourth-order valence-electron chi connectivity index (χ4n) is 2.29. The second-order valence-corrected chi connectivity index (χ2v) is 5.70. The number of amides is 2. The standard InChI is InChI=1S/C14H27N3O2/c1-10(2)16-14(19)11(3)17-13(18)7-6-12-5-4-8-15-9-12/h10-12,15H,4-9H2,1-3H3,(H,16,19)(H,17,18). The zero-order chi connectivity index (χ0) is 14.3. The molecule has 110 valence electrons. The Kier molecular flexibility index (Phi) is 6.84. The summed E-state index contributed by atoms with van der Waals surface area (Å²) < 4.78 is 0. The van der Waals surface area contributed by atoms with Gasteiger partial charge in [-0.3, -0.25) is 9.59 Å². The van der Waals surface area contributed by atoms with E-state index < -0.39 is 6.04 Å². The van der Waals surface area contributed by atoms with E-state index in [1.807, 2.05) is 13.8 Å².